The SMILES string of the molecule is O=C(CSc1ncnc2sc(-c3ccccc3)cc12)N[C@H](Cc1c[nH]c2ccccc12)C(=O)O. The van der Waals surface area contributed by atoms with Gasteiger partial charge >= 0.3 is 5.97 Å². The van der Waals surface area contributed by atoms with Crippen LogP contribution in [0.2, 0.25) is 0 Å². The summed E-state index contributed by atoms with van der Waals surface area (Å²) < 4.78 is 0. The second kappa shape index (κ2) is 9.66. The number of nitrogens with zero attached hydrogens (tertiary/aromatic N) is 2. The molecule has 3 heterocycles. The molecule has 1 atom stereocenters. The van der Waals surface area contributed by atoms with Crippen LogP contribution in [-0.4, -0.2) is 43.7 Å². The molecule has 0 saturated heterocycles. The Bertz CT molecular complexity index is 1480. The molecular weight excluding hydrogens is 468 g/mol. The van der Waals surface area contributed by atoms with Crippen LogP contribution >= 0.6 is 23.1 Å². The zero-order chi connectivity index (χ0) is 23.5. The van der Waals surface area contributed by atoms with E-state index in [9.17, 15) is 14.7 Å². The number of hydrogen-bond donors (Lipinski definition) is 3. The quantitative estimate of drug-likeness (QED) is 0.215. The number of carbonyl (C=O) groups is 2. The fraction of sp³-hybridized carbons (Fsp3) is 0.120. The summed E-state index contributed by atoms with van der Waals surface area (Å²) >= 11 is 2.85. The largest absolute Gasteiger partial charge is 0.480 e. The number of aromatic nitrogens is 3. The summed E-state index contributed by atoms with van der Waals surface area (Å²) in [4.78, 5) is 38.3. The molecule has 0 saturated carbocycles. The Morgan fingerprint density at radius 1 is 1.06 bits per heavy atom. The lowest BCUT2D eigenvalue weighted by atomic mass is 10.1. The minimum absolute atomic E-state index is 0.0558. The molecule has 7 nitrogen and oxygen atoms in total. The maximum atomic E-state index is 12.6. The predicted octanol–water partition coefficient (Wildman–Crippen LogP) is 4.74. The molecule has 1 amide bonds. The first-order valence-corrected chi connectivity index (χ1v) is 12.4. The third-order valence-electron chi connectivity index (χ3n) is 5.42. The van der Waals surface area contributed by atoms with Gasteiger partial charge in [0.05, 0.1) is 5.75 Å². The van der Waals surface area contributed by atoms with Crippen molar-refractivity contribution in [2.24, 2.45) is 0 Å². The number of aliphatic carboxylic acids is 1. The van der Waals surface area contributed by atoms with Gasteiger partial charge in [0, 0.05) is 33.8 Å². The number of para-hydroxylation sites is 1. The van der Waals surface area contributed by atoms with Crippen molar-refractivity contribution in [2.45, 2.75) is 17.5 Å². The molecule has 9 heteroatoms. The Morgan fingerprint density at radius 3 is 2.68 bits per heavy atom. The van der Waals surface area contributed by atoms with E-state index in [-0.39, 0.29) is 18.1 Å². The Morgan fingerprint density at radius 2 is 1.85 bits per heavy atom. The van der Waals surface area contributed by atoms with Crippen LogP contribution in [0.15, 0.2) is 78.2 Å². The van der Waals surface area contributed by atoms with Gasteiger partial charge in [-0.2, -0.15) is 0 Å². The van der Waals surface area contributed by atoms with Gasteiger partial charge in [-0.1, -0.05) is 60.3 Å². The number of hydrogen-bond acceptors (Lipinski definition) is 6. The highest BCUT2D eigenvalue weighted by Crippen LogP contribution is 2.36. The molecule has 0 aliphatic carbocycles. The molecule has 5 rings (SSSR count). The number of benzene rings is 2. The van der Waals surface area contributed by atoms with Crippen molar-refractivity contribution in [1.29, 1.82) is 0 Å². The van der Waals surface area contributed by atoms with E-state index < -0.39 is 12.0 Å². The number of nitrogens with one attached hydrogen (secondary N) is 2. The number of rotatable bonds is 8. The van der Waals surface area contributed by atoms with Crippen molar-refractivity contribution in [3.05, 3.63) is 78.8 Å². The molecule has 3 N–H and O–H groups in total. The number of carboxylic acids is 1. The highest BCUT2D eigenvalue weighted by atomic mass is 32.2. The number of carboxylic acid groups (broad SMARTS) is 1. The summed E-state index contributed by atoms with van der Waals surface area (Å²) in [5.41, 5.74) is 2.88. The number of thiophene rings is 1. The first-order chi connectivity index (χ1) is 16.6. The Kier molecular flexibility index (Phi) is 6.29. The minimum Gasteiger partial charge on any atom is -0.480 e. The fourth-order valence-electron chi connectivity index (χ4n) is 3.78. The van der Waals surface area contributed by atoms with E-state index in [0.717, 1.165) is 37.1 Å². The highest BCUT2D eigenvalue weighted by molar-refractivity contribution is 8.00. The highest BCUT2D eigenvalue weighted by Gasteiger charge is 2.22. The van der Waals surface area contributed by atoms with Gasteiger partial charge in [-0.05, 0) is 23.3 Å². The van der Waals surface area contributed by atoms with Gasteiger partial charge in [0.1, 0.15) is 22.2 Å². The molecule has 5 aromatic rings. The number of fused-ring (bicyclic) bond motifs is 2. The van der Waals surface area contributed by atoms with Gasteiger partial charge in [-0.25, -0.2) is 14.8 Å². The van der Waals surface area contributed by atoms with Gasteiger partial charge in [0.2, 0.25) is 5.91 Å². The van der Waals surface area contributed by atoms with E-state index in [0.29, 0.717) is 5.03 Å². The summed E-state index contributed by atoms with van der Waals surface area (Å²) in [5, 5.41) is 14.9. The van der Waals surface area contributed by atoms with E-state index in [4.69, 9.17) is 0 Å². The second-order valence-electron chi connectivity index (χ2n) is 7.68. The van der Waals surface area contributed by atoms with E-state index in [1.807, 2.05) is 60.7 Å². The Hall–Kier alpha value is -3.69. The zero-order valence-corrected chi connectivity index (χ0v) is 19.5. The standard InChI is InChI=1S/C25H20N4O3S2/c30-22(29-20(25(31)32)10-16-12-26-19-9-5-4-8-17(16)19)13-33-23-18-11-21(15-6-2-1-3-7-15)34-24(18)28-14-27-23/h1-9,11-12,14,20,26H,10,13H2,(H,29,30)(H,31,32)/t20-/m1/s1. The van der Waals surface area contributed by atoms with Crippen LogP contribution in [0.4, 0.5) is 0 Å². The Balaban J connectivity index is 1.28. The van der Waals surface area contributed by atoms with Crippen molar-refractivity contribution in [1.82, 2.24) is 20.3 Å². The second-order valence-corrected chi connectivity index (χ2v) is 9.68. The summed E-state index contributed by atoms with van der Waals surface area (Å²) in [6.45, 7) is 0. The molecule has 0 spiro atoms. The van der Waals surface area contributed by atoms with Gasteiger partial charge in [-0.3, -0.25) is 4.79 Å². The van der Waals surface area contributed by atoms with Crippen molar-refractivity contribution in [3.8, 4) is 10.4 Å². The monoisotopic (exact) mass is 488 g/mol. The molecule has 0 radical (unpaired) electrons. The molecule has 0 unspecified atom stereocenters. The van der Waals surface area contributed by atoms with Gasteiger partial charge in [0.15, 0.2) is 0 Å². The lowest BCUT2D eigenvalue weighted by molar-refractivity contribution is -0.141. The zero-order valence-electron chi connectivity index (χ0n) is 17.9. The number of H-pyrrole nitrogens is 1. The molecule has 0 bridgehead atoms. The van der Waals surface area contributed by atoms with Crippen LogP contribution in [-0.2, 0) is 16.0 Å². The fourth-order valence-corrected chi connectivity index (χ4v) is 5.64. The van der Waals surface area contributed by atoms with Crippen LogP contribution in [0.1, 0.15) is 5.56 Å². The molecule has 0 aliphatic heterocycles. The maximum absolute atomic E-state index is 12.6. The summed E-state index contributed by atoms with van der Waals surface area (Å²) in [5.74, 6) is -1.37. The molecule has 0 fully saturated rings. The average Bonchev–Trinajstić information content (AvgIpc) is 3.47. The van der Waals surface area contributed by atoms with E-state index in [1.165, 1.54) is 18.1 Å². The van der Waals surface area contributed by atoms with Crippen LogP contribution in [0.3, 0.4) is 0 Å². The number of thioether (sulfide) groups is 1. The lowest BCUT2D eigenvalue weighted by Gasteiger charge is -2.14. The van der Waals surface area contributed by atoms with Crippen LogP contribution in [0.5, 0.6) is 0 Å². The smallest absolute Gasteiger partial charge is 0.326 e. The molecular formula is C25H20N4O3S2. The van der Waals surface area contributed by atoms with E-state index >= 15 is 0 Å². The first-order valence-electron chi connectivity index (χ1n) is 10.6. The van der Waals surface area contributed by atoms with E-state index in [1.54, 1.807) is 17.5 Å². The normalized spacial score (nSPS) is 12.1. The third kappa shape index (κ3) is 4.66. The minimum atomic E-state index is -1.07. The summed E-state index contributed by atoms with van der Waals surface area (Å²) in [6.07, 6.45) is 3.48. The van der Waals surface area contributed by atoms with Gasteiger partial charge in [0.25, 0.3) is 0 Å². The molecule has 3 aromatic heterocycles. The van der Waals surface area contributed by atoms with Crippen LogP contribution in [0.25, 0.3) is 31.6 Å². The molecule has 170 valence electrons. The molecule has 0 aliphatic rings. The number of aromatic amines is 1. The van der Waals surface area contributed by atoms with Crippen molar-refractivity contribution in [2.75, 3.05) is 5.75 Å². The van der Waals surface area contributed by atoms with Gasteiger partial charge < -0.3 is 15.4 Å². The van der Waals surface area contributed by atoms with Gasteiger partial charge in [-0.15, -0.1) is 11.3 Å². The first kappa shape index (κ1) is 22.1. The molecule has 34 heavy (non-hydrogen) atoms. The summed E-state index contributed by atoms with van der Waals surface area (Å²) in [7, 11) is 0. The lowest BCUT2D eigenvalue weighted by Crippen LogP contribution is -2.43. The number of amides is 1. The van der Waals surface area contributed by atoms with E-state index in [2.05, 4.69) is 20.3 Å². The maximum Gasteiger partial charge on any atom is 0.326 e. The topological polar surface area (TPSA) is 108 Å². The predicted molar refractivity (Wildman–Crippen MR) is 135 cm³/mol. The van der Waals surface area contributed by atoms with Crippen LogP contribution < -0.4 is 5.32 Å². The Labute approximate surface area is 203 Å². The van der Waals surface area contributed by atoms with Crippen molar-refractivity contribution >= 4 is 56.1 Å². The summed E-state index contributed by atoms with van der Waals surface area (Å²) in [6, 6.07) is 18.7. The van der Waals surface area contributed by atoms with Crippen molar-refractivity contribution in [3.63, 3.8) is 0 Å². The molecule has 2 aromatic carbocycles. The third-order valence-corrected chi connectivity index (χ3v) is 7.52. The van der Waals surface area contributed by atoms with Crippen molar-refractivity contribution < 1.29 is 14.7 Å². The van der Waals surface area contributed by atoms with Crippen LogP contribution in [0, 0.1) is 0 Å². The average molecular weight is 489 g/mol. The number of carbonyl (C=O) groups excluding carboxylic acids is 1.